The molecule has 1 aromatic carbocycles. The molecule has 0 aliphatic rings. The molecular weight excluding hydrogens is 208 g/mol. The second-order valence-electron chi connectivity index (χ2n) is 4.86. The molecule has 0 radical (unpaired) electrons. The smallest absolute Gasteiger partial charge is 0.125 e. The number of rotatable bonds is 1. The maximum atomic E-state index is 10.0. The maximum Gasteiger partial charge on any atom is 0.125 e. The van der Waals surface area contributed by atoms with Crippen LogP contribution in [0.15, 0.2) is 17.0 Å². The number of phenols is 1. The Morgan fingerprint density at radius 3 is 2.20 bits per heavy atom. The lowest BCUT2D eigenvalue weighted by Crippen LogP contribution is -2.12. The van der Waals surface area contributed by atoms with Crippen molar-refractivity contribution in [3.63, 3.8) is 0 Å². The molecule has 2 N–H and O–H groups in total. The Kier molecular flexibility index (Phi) is 3.36. The highest BCUT2D eigenvalue weighted by atomic mass is 32.1. The van der Waals surface area contributed by atoms with Crippen LogP contribution < -0.4 is 0 Å². The fourth-order valence-corrected chi connectivity index (χ4v) is 1.80. The quantitative estimate of drug-likeness (QED) is 0.644. The zero-order valence-corrected chi connectivity index (χ0v) is 10.5. The highest BCUT2D eigenvalue weighted by Crippen LogP contribution is 2.37. The van der Waals surface area contributed by atoms with E-state index in [0.717, 1.165) is 10.5 Å². The van der Waals surface area contributed by atoms with Gasteiger partial charge in [-0.15, -0.1) is 12.6 Å². The zero-order chi connectivity index (χ0) is 11.8. The lowest BCUT2D eigenvalue weighted by molar-refractivity contribution is 0.194. The second kappa shape index (κ2) is 4.06. The van der Waals surface area contributed by atoms with E-state index < -0.39 is 6.10 Å². The molecule has 1 atom stereocenters. The third kappa shape index (κ3) is 2.67. The summed E-state index contributed by atoms with van der Waals surface area (Å²) in [5.41, 5.74) is 1.19. The van der Waals surface area contributed by atoms with Gasteiger partial charge in [0.25, 0.3) is 0 Å². The molecule has 0 saturated heterocycles. The first-order valence-corrected chi connectivity index (χ1v) is 5.42. The van der Waals surface area contributed by atoms with Crippen LogP contribution in [0.4, 0.5) is 0 Å². The van der Waals surface area contributed by atoms with E-state index in [9.17, 15) is 10.2 Å². The molecule has 15 heavy (non-hydrogen) atoms. The van der Waals surface area contributed by atoms with Crippen LogP contribution in [0.5, 0.6) is 5.75 Å². The van der Waals surface area contributed by atoms with Gasteiger partial charge in [0.2, 0.25) is 0 Å². The van der Waals surface area contributed by atoms with E-state index in [1.54, 1.807) is 13.0 Å². The van der Waals surface area contributed by atoms with E-state index in [1.165, 1.54) is 0 Å². The van der Waals surface area contributed by atoms with Crippen molar-refractivity contribution < 1.29 is 10.2 Å². The van der Waals surface area contributed by atoms with Gasteiger partial charge in [0.05, 0.1) is 6.10 Å². The van der Waals surface area contributed by atoms with Crippen molar-refractivity contribution in [3.8, 4) is 5.75 Å². The Morgan fingerprint density at radius 2 is 1.80 bits per heavy atom. The standard InChI is InChI=1S/C12H18O2S/c1-7(13)9-5-8(15)6-10(11(9)14)12(2,3)4/h5-7,13-15H,1-4H3. The fourth-order valence-electron chi connectivity index (χ4n) is 1.53. The zero-order valence-electron chi connectivity index (χ0n) is 9.57. The Bertz CT molecular complexity index is 365. The molecule has 0 saturated carbocycles. The normalized spacial score (nSPS) is 14.0. The number of phenolic OH excluding ortho intramolecular Hbond substituents is 1. The summed E-state index contributed by atoms with van der Waals surface area (Å²) in [6, 6.07) is 3.53. The minimum Gasteiger partial charge on any atom is -0.507 e. The van der Waals surface area contributed by atoms with Gasteiger partial charge < -0.3 is 10.2 Å². The Hall–Kier alpha value is -0.670. The number of aliphatic hydroxyl groups is 1. The monoisotopic (exact) mass is 226 g/mol. The summed E-state index contributed by atoms with van der Waals surface area (Å²) in [6.45, 7) is 7.68. The van der Waals surface area contributed by atoms with E-state index in [2.05, 4.69) is 12.6 Å². The summed E-state index contributed by atoms with van der Waals surface area (Å²) < 4.78 is 0. The summed E-state index contributed by atoms with van der Waals surface area (Å²) in [6.07, 6.45) is -0.682. The molecule has 1 rings (SSSR count). The third-order valence-corrected chi connectivity index (χ3v) is 2.64. The Morgan fingerprint density at radius 1 is 1.27 bits per heavy atom. The molecular formula is C12H18O2S. The SMILES string of the molecule is CC(O)c1cc(S)cc(C(C)(C)C)c1O. The van der Waals surface area contributed by atoms with Crippen molar-refractivity contribution in [2.75, 3.05) is 0 Å². The molecule has 3 heteroatoms. The van der Waals surface area contributed by atoms with E-state index in [1.807, 2.05) is 26.8 Å². The largest absolute Gasteiger partial charge is 0.507 e. The van der Waals surface area contributed by atoms with E-state index in [4.69, 9.17) is 0 Å². The van der Waals surface area contributed by atoms with Gasteiger partial charge in [0.15, 0.2) is 0 Å². The van der Waals surface area contributed by atoms with Crippen LogP contribution in [-0.4, -0.2) is 10.2 Å². The average molecular weight is 226 g/mol. The molecule has 1 unspecified atom stereocenters. The van der Waals surface area contributed by atoms with Crippen LogP contribution in [-0.2, 0) is 5.41 Å². The van der Waals surface area contributed by atoms with E-state index >= 15 is 0 Å². The van der Waals surface area contributed by atoms with Crippen LogP contribution in [0, 0.1) is 0 Å². The molecule has 0 spiro atoms. The van der Waals surface area contributed by atoms with Gasteiger partial charge in [0.1, 0.15) is 5.75 Å². The number of hydrogen-bond donors (Lipinski definition) is 3. The van der Waals surface area contributed by atoms with Crippen molar-refractivity contribution in [2.24, 2.45) is 0 Å². The molecule has 84 valence electrons. The van der Waals surface area contributed by atoms with Crippen LogP contribution in [0.25, 0.3) is 0 Å². The Labute approximate surface area is 96.4 Å². The first-order chi connectivity index (χ1) is 6.73. The summed E-state index contributed by atoms with van der Waals surface area (Å²) >= 11 is 4.28. The number of aromatic hydroxyl groups is 1. The molecule has 0 aliphatic carbocycles. The minimum absolute atomic E-state index is 0.160. The van der Waals surface area contributed by atoms with Gasteiger partial charge in [-0.1, -0.05) is 20.8 Å². The van der Waals surface area contributed by atoms with Gasteiger partial charge in [-0.05, 0) is 24.5 Å². The highest BCUT2D eigenvalue weighted by Gasteiger charge is 2.22. The van der Waals surface area contributed by atoms with E-state index in [0.29, 0.717) is 5.56 Å². The van der Waals surface area contributed by atoms with Crippen molar-refractivity contribution in [1.82, 2.24) is 0 Å². The number of hydrogen-bond acceptors (Lipinski definition) is 3. The topological polar surface area (TPSA) is 40.5 Å². The molecule has 0 fully saturated rings. The molecule has 2 nitrogen and oxygen atoms in total. The second-order valence-corrected chi connectivity index (χ2v) is 5.37. The molecule has 0 amide bonds. The van der Waals surface area contributed by atoms with Crippen LogP contribution >= 0.6 is 12.6 Å². The Balaban J connectivity index is 3.42. The molecule has 0 heterocycles. The van der Waals surface area contributed by atoms with Crippen molar-refractivity contribution in [1.29, 1.82) is 0 Å². The fraction of sp³-hybridized carbons (Fsp3) is 0.500. The number of thiol groups is 1. The van der Waals surface area contributed by atoms with Crippen molar-refractivity contribution in [2.45, 2.75) is 44.1 Å². The lowest BCUT2D eigenvalue weighted by Gasteiger charge is -2.23. The summed E-state index contributed by atoms with van der Waals surface area (Å²) in [5, 5.41) is 19.6. The van der Waals surface area contributed by atoms with Gasteiger partial charge in [0, 0.05) is 16.0 Å². The van der Waals surface area contributed by atoms with Gasteiger partial charge in [-0.25, -0.2) is 0 Å². The number of benzene rings is 1. The maximum absolute atomic E-state index is 10.0. The van der Waals surface area contributed by atoms with Crippen molar-refractivity contribution >= 4 is 12.6 Å². The van der Waals surface area contributed by atoms with Gasteiger partial charge >= 0.3 is 0 Å². The molecule has 1 aromatic rings. The van der Waals surface area contributed by atoms with E-state index in [-0.39, 0.29) is 11.2 Å². The predicted octanol–water partition coefficient (Wildman–Crippen LogP) is 3.03. The molecule has 0 aliphatic heterocycles. The van der Waals surface area contributed by atoms with Crippen molar-refractivity contribution in [3.05, 3.63) is 23.3 Å². The lowest BCUT2D eigenvalue weighted by atomic mass is 9.84. The highest BCUT2D eigenvalue weighted by molar-refractivity contribution is 7.80. The van der Waals surface area contributed by atoms with Crippen LogP contribution in [0.1, 0.15) is 44.9 Å². The summed E-state index contributed by atoms with van der Waals surface area (Å²) in [7, 11) is 0. The first-order valence-electron chi connectivity index (χ1n) is 4.98. The average Bonchev–Trinajstić information content (AvgIpc) is 2.06. The van der Waals surface area contributed by atoms with Crippen LogP contribution in [0.2, 0.25) is 0 Å². The van der Waals surface area contributed by atoms with Crippen LogP contribution in [0.3, 0.4) is 0 Å². The number of aliphatic hydroxyl groups excluding tert-OH is 1. The van der Waals surface area contributed by atoms with Gasteiger partial charge in [-0.2, -0.15) is 0 Å². The van der Waals surface area contributed by atoms with Gasteiger partial charge in [-0.3, -0.25) is 0 Å². The summed E-state index contributed by atoms with van der Waals surface area (Å²) in [5.74, 6) is 0.176. The molecule has 0 aromatic heterocycles. The minimum atomic E-state index is -0.682. The third-order valence-electron chi connectivity index (χ3n) is 2.38. The first kappa shape index (κ1) is 12.4. The predicted molar refractivity (Wildman–Crippen MR) is 64.7 cm³/mol. The summed E-state index contributed by atoms with van der Waals surface area (Å²) in [4.78, 5) is 0.758. The molecule has 0 bridgehead atoms.